The van der Waals surface area contributed by atoms with Crippen molar-refractivity contribution in [2.24, 2.45) is 15.9 Å². The molecule has 0 radical (unpaired) electrons. The second-order valence-corrected chi connectivity index (χ2v) is 5.91. The Hall–Kier alpha value is -1.96. The van der Waals surface area contributed by atoms with Crippen molar-refractivity contribution in [1.82, 2.24) is 5.32 Å². The number of nitrogens with zero attached hydrogens (tertiary/aromatic N) is 2. The van der Waals surface area contributed by atoms with E-state index in [4.69, 9.17) is 22.2 Å². The van der Waals surface area contributed by atoms with Crippen LogP contribution in [0.1, 0.15) is 18.1 Å². The van der Waals surface area contributed by atoms with Gasteiger partial charge >= 0.3 is 5.97 Å². The Bertz CT molecular complexity index is 645. The number of aliphatic hydroxyl groups excluding tert-OH is 1. The third kappa shape index (κ3) is 4.31. The van der Waals surface area contributed by atoms with E-state index in [1.165, 1.54) is 6.92 Å². The molecule has 0 aromatic heterocycles. The fourth-order valence-electron chi connectivity index (χ4n) is 2.72. The second-order valence-electron chi connectivity index (χ2n) is 5.55. The monoisotopic (exact) mass is 352 g/mol. The maximum absolute atomic E-state index is 11.2. The standard InChI is InChI=1S/C16H21ClN4O3/c1-9(22)24-15-12(20-8-13(15)23)7-10-3-5-11(6-4-10)14(21-18)16(17)19-2/h3-6,12-13,15,20,23H,7-8,18H2,1-2H3/b19-16?,21-14-/t12-,13+,15+/m1/s1. The van der Waals surface area contributed by atoms with Crippen LogP contribution in [-0.4, -0.2) is 53.8 Å². The zero-order valence-corrected chi connectivity index (χ0v) is 14.3. The minimum Gasteiger partial charge on any atom is -0.458 e. The van der Waals surface area contributed by atoms with Crippen molar-refractivity contribution in [3.8, 4) is 0 Å². The van der Waals surface area contributed by atoms with Crippen molar-refractivity contribution in [3.05, 3.63) is 35.4 Å². The van der Waals surface area contributed by atoms with E-state index in [9.17, 15) is 9.90 Å². The zero-order valence-electron chi connectivity index (χ0n) is 13.6. The molecule has 1 aliphatic rings. The van der Waals surface area contributed by atoms with Crippen LogP contribution in [0.5, 0.6) is 0 Å². The normalized spacial score (nSPS) is 24.9. The number of nitrogens with one attached hydrogen (secondary N) is 1. The molecule has 0 aliphatic carbocycles. The number of aliphatic hydroxyl groups is 1. The van der Waals surface area contributed by atoms with Crippen LogP contribution >= 0.6 is 11.6 Å². The number of carbonyl (C=O) groups excluding carboxylic acids is 1. The molecule has 0 saturated carbocycles. The number of β-amino-alcohol motifs (C(OH)–C–C–N with tert-alkyl or cyclic N) is 1. The molecular formula is C16H21ClN4O3. The van der Waals surface area contributed by atoms with Crippen LogP contribution in [0.3, 0.4) is 0 Å². The minimum absolute atomic E-state index is 0.141. The lowest BCUT2D eigenvalue weighted by molar-refractivity contribution is -0.151. The van der Waals surface area contributed by atoms with Crippen LogP contribution in [0.25, 0.3) is 0 Å². The van der Waals surface area contributed by atoms with Crippen molar-refractivity contribution in [3.63, 3.8) is 0 Å². The van der Waals surface area contributed by atoms with Gasteiger partial charge < -0.3 is 21.0 Å². The summed E-state index contributed by atoms with van der Waals surface area (Å²) in [6, 6.07) is 7.38. The van der Waals surface area contributed by atoms with Gasteiger partial charge in [-0.15, -0.1) is 0 Å². The van der Waals surface area contributed by atoms with Crippen molar-refractivity contribution < 1.29 is 14.6 Å². The van der Waals surface area contributed by atoms with Crippen molar-refractivity contribution in [2.45, 2.75) is 31.6 Å². The fraction of sp³-hybridized carbons (Fsp3) is 0.438. The Morgan fingerprint density at radius 1 is 1.46 bits per heavy atom. The molecule has 8 heteroatoms. The van der Waals surface area contributed by atoms with Gasteiger partial charge in [0.15, 0.2) is 5.17 Å². The van der Waals surface area contributed by atoms with Crippen LogP contribution < -0.4 is 11.2 Å². The summed E-state index contributed by atoms with van der Waals surface area (Å²) in [5.41, 5.74) is 2.19. The molecule has 1 aliphatic heterocycles. The van der Waals surface area contributed by atoms with E-state index in [0.29, 0.717) is 18.7 Å². The third-order valence-electron chi connectivity index (χ3n) is 3.87. The van der Waals surface area contributed by atoms with E-state index in [1.54, 1.807) is 7.05 Å². The fourth-order valence-corrected chi connectivity index (χ4v) is 2.88. The number of benzene rings is 1. The van der Waals surface area contributed by atoms with Crippen LogP contribution in [0.4, 0.5) is 0 Å². The summed E-state index contributed by atoms with van der Waals surface area (Å²) in [5.74, 6) is 4.97. The van der Waals surface area contributed by atoms with Gasteiger partial charge in [-0.1, -0.05) is 35.9 Å². The molecule has 1 aromatic rings. The molecule has 3 atom stereocenters. The number of halogens is 1. The molecule has 7 nitrogen and oxygen atoms in total. The largest absolute Gasteiger partial charge is 0.458 e. The average molecular weight is 353 g/mol. The Labute approximate surface area is 145 Å². The summed E-state index contributed by atoms with van der Waals surface area (Å²) >= 11 is 5.98. The number of rotatable bonds is 5. The topological polar surface area (TPSA) is 109 Å². The number of hydrogen-bond donors (Lipinski definition) is 3. The zero-order chi connectivity index (χ0) is 17.7. The van der Waals surface area contributed by atoms with Gasteiger partial charge in [-0.05, 0) is 12.0 Å². The van der Waals surface area contributed by atoms with E-state index >= 15 is 0 Å². The highest BCUT2D eigenvalue weighted by Gasteiger charge is 2.37. The maximum Gasteiger partial charge on any atom is 0.303 e. The summed E-state index contributed by atoms with van der Waals surface area (Å²) < 4.78 is 5.21. The summed E-state index contributed by atoms with van der Waals surface area (Å²) in [6.45, 7) is 1.73. The predicted octanol–water partition coefficient (Wildman–Crippen LogP) is 0.423. The van der Waals surface area contributed by atoms with Crippen molar-refractivity contribution in [2.75, 3.05) is 13.6 Å². The van der Waals surface area contributed by atoms with Crippen LogP contribution in [-0.2, 0) is 16.0 Å². The smallest absolute Gasteiger partial charge is 0.303 e. The molecule has 0 bridgehead atoms. The first-order chi connectivity index (χ1) is 11.5. The van der Waals surface area contributed by atoms with Gasteiger partial charge in [0.25, 0.3) is 0 Å². The van der Waals surface area contributed by atoms with Gasteiger partial charge in [-0.2, -0.15) is 5.10 Å². The summed E-state index contributed by atoms with van der Waals surface area (Å²) in [5, 5.41) is 17.0. The highest BCUT2D eigenvalue weighted by molar-refractivity contribution is 6.85. The van der Waals surface area contributed by atoms with Crippen LogP contribution in [0.2, 0.25) is 0 Å². The van der Waals surface area contributed by atoms with E-state index in [1.807, 2.05) is 24.3 Å². The number of ether oxygens (including phenoxy) is 1. The SMILES string of the molecule is CN=C(Cl)/C(=N\N)c1ccc(C[C@H]2NC[C@H](O)[C@H]2OC(C)=O)cc1. The van der Waals surface area contributed by atoms with E-state index in [-0.39, 0.29) is 11.2 Å². The minimum atomic E-state index is -0.700. The number of hydrazone groups is 1. The van der Waals surface area contributed by atoms with Crippen LogP contribution in [0, 0.1) is 0 Å². The van der Waals surface area contributed by atoms with Gasteiger partial charge in [-0.25, -0.2) is 0 Å². The highest BCUT2D eigenvalue weighted by atomic mass is 35.5. The Morgan fingerprint density at radius 2 is 2.12 bits per heavy atom. The molecule has 1 saturated heterocycles. The van der Waals surface area contributed by atoms with Gasteiger partial charge in [0.05, 0.1) is 6.04 Å². The Balaban J connectivity index is 2.10. The number of aliphatic imine (C=N–C) groups is 1. The lowest BCUT2D eigenvalue weighted by Crippen LogP contribution is -2.38. The molecular weight excluding hydrogens is 332 g/mol. The maximum atomic E-state index is 11.2. The van der Waals surface area contributed by atoms with Gasteiger partial charge in [-0.3, -0.25) is 9.79 Å². The molecule has 1 heterocycles. The van der Waals surface area contributed by atoms with E-state index < -0.39 is 18.2 Å². The molecule has 0 spiro atoms. The van der Waals surface area contributed by atoms with E-state index in [2.05, 4.69) is 15.4 Å². The van der Waals surface area contributed by atoms with Gasteiger partial charge in [0, 0.05) is 26.1 Å². The molecule has 130 valence electrons. The number of carbonyl (C=O) groups is 1. The first kappa shape index (κ1) is 18.4. The number of nitrogens with two attached hydrogens (primary N) is 1. The number of hydrogen-bond acceptors (Lipinski definition) is 7. The molecule has 2 rings (SSSR count). The van der Waals surface area contributed by atoms with E-state index in [0.717, 1.165) is 11.1 Å². The van der Waals surface area contributed by atoms with Crippen molar-refractivity contribution in [1.29, 1.82) is 0 Å². The first-order valence-electron chi connectivity index (χ1n) is 7.54. The molecule has 0 amide bonds. The summed E-state index contributed by atoms with van der Waals surface area (Å²) in [7, 11) is 1.56. The lowest BCUT2D eigenvalue weighted by atomic mass is 9.99. The summed E-state index contributed by atoms with van der Waals surface area (Å²) in [6.07, 6.45) is -0.640. The molecule has 1 aromatic carbocycles. The highest BCUT2D eigenvalue weighted by Crippen LogP contribution is 2.18. The van der Waals surface area contributed by atoms with Gasteiger partial charge in [0.2, 0.25) is 0 Å². The Kier molecular flexibility index (Phi) is 6.30. The van der Waals surface area contributed by atoms with Crippen LogP contribution in [0.15, 0.2) is 34.4 Å². The average Bonchev–Trinajstić information content (AvgIpc) is 2.89. The third-order valence-corrected chi connectivity index (χ3v) is 4.22. The summed E-state index contributed by atoms with van der Waals surface area (Å²) in [4.78, 5) is 15.1. The second kappa shape index (κ2) is 8.23. The quantitative estimate of drug-likeness (QED) is 0.308. The molecule has 0 unspecified atom stereocenters. The molecule has 24 heavy (non-hydrogen) atoms. The Morgan fingerprint density at radius 3 is 2.67 bits per heavy atom. The van der Waals surface area contributed by atoms with Crippen molar-refractivity contribution >= 4 is 28.5 Å². The molecule has 4 N–H and O–H groups in total. The molecule has 1 fully saturated rings. The predicted molar refractivity (Wildman–Crippen MR) is 93.4 cm³/mol. The number of esters is 1. The van der Waals surface area contributed by atoms with Gasteiger partial charge in [0.1, 0.15) is 17.9 Å². The lowest BCUT2D eigenvalue weighted by Gasteiger charge is -2.21. The first-order valence-corrected chi connectivity index (χ1v) is 7.92.